The summed E-state index contributed by atoms with van der Waals surface area (Å²) in [5.74, 6) is 0.947. The van der Waals surface area contributed by atoms with Gasteiger partial charge in [-0.05, 0) is 79.5 Å². The minimum Gasteiger partial charge on any atom is -0.491 e. The average Bonchev–Trinajstić information content (AvgIpc) is 3.31. The smallest absolute Gasteiger partial charge is 0.254 e. The van der Waals surface area contributed by atoms with E-state index < -0.39 is 0 Å². The van der Waals surface area contributed by atoms with Crippen LogP contribution in [0.15, 0.2) is 36.4 Å². The number of aldehydes is 1. The van der Waals surface area contributed by atoms with Crippen LogP contribution < -0.4 is 4.74 Å². The van der Waals surface area contributed by atoms with E-state index in [0.29, 0.717) is 6.61 Å². The summed E-state index contributed by atoms with van der Waals surface area (Å²) < 4.78 is 11.5. The Hall–Kier alpha value is -2.66. The third-order valence-corrected chi connectivity index (χ3v) is 6.66. The molecule has 2 aliphatic heterocycles. The second-order valence-electron chi connectivity index (χ2n) is 8.56. The quantitative estimate of drug-likeness (QED) is 0.713. The van der Waals surface area contributed by atoms with Crippen LogP contribution in [0.25, 0.3) is 0 Å². The fourth-order valence-electron chi connectivity index (χ4n) is 4.98. The zero-order chi connectivity index (χ0) is 20.5. The molecule has 5 nitrogen and oxygen atoms in total. The van der Waals surface area contributed by atoms with Gasteiger partial charge in [-0.2, -0.15) is 0 Å². The third-order valence-electron chi connectivity index (χ3n) is 6.66. The van der Waals surface area contributed by atoms with Crippen LogP contribution >= 0.6 is 0 Å². The first-order chi connectivity index (χ1) is 14.7. The van der Waals surface area contributed by atoms with Gasteiger partial charge in [-0.25, -0.2) is 0 Å². The van der Waals surface area contributed by atoms with Gasteiger partial charge in [-0.3, -0.25) is 9.59 Å². The van der Waals surface area contributed by atoms with Gasteiger partial charge >= 0.3 is 0 Å². The summed E-state index contributed by atoms with van der Waals surface area (Å²) in [6, 6.07) is 12.0. The van der Waals surface area contributed by atoms with E-state index in [-0.39, 0.29) is 18.1 Å². The Bertz CT molecular complexity index is 964. The zero-order valence-electron chi connectivity index (χ0n) is 17.1. The van der Waals surface area contributed by atoms with E-state index in [1.165, 1.54) is 11.1 Å². The molecule has 5 heteroatoms. The molecule has 2 atom stereocenters. The Kier molecular flexibility index (Phi) is 5.30. The van der Waals surface area contributed by atoms with Crippen molar-refractivity contribution in [3.63, 3.8) is 0 Å². The van der Waals surface area contributed by atoms with Crippen molar-refractivity contribution in [2.75, 3.05) is 19.8 Å². The maximum absolute atomic E-state index is 13.2. The molecular weight excluding hydrogens is 378 g/mol. The summed E-state index contributed by atoms with van der Waals surface area (Å²) in [5, 5.41) is 0. The van der Waals surface area contributed by atoms with Gasteiger partial charge in [0.2, 0.25) is 0 Å². The third kappa shape index (κ3) is 3.74. The summed E-state index contributed by atoms with van der Waals surface area (Å²) in [6.07, 6.45) is 6.81. The number of nitrogens with zero attached hydrogens (tertiary/aromatic N) is 1. The summed E-state index contributed by atoms with van der Waals surface area (Å²) in [7, 11) is 0. The molecule has 156 valence electrons. The molecule has 0 bridgehead atoms. The summed E-state index contributed by atoms with van der Waals surface area (Å²) in [4.78, 5) is 26.3. The number of ether oxygens (including phenoxy) is 2. The second kappa shape index (κ2) is 8.23. The summed E-state index contributed by atoms with van der Waals surface area (Å²) in [5.41, 5.74) is 5.11. The first-order valence-corrected chi connectivity index (χ1v) is 11.0. The molecule has 2 aromatic carbocycles. The highest BCUT2D eigenvalue weighted by atomic mass is 16.5. The number of fused-ring (bicyclic) bond motifs is 2. The minimum absolute atomic E-state index is 0.125. The maximum Gasteiger partial charge on any atom is 0.254 e. The molecule has 0 unspecified atom stereocenters. The Morgan fingerprint density at radius 3 is 2.83 bits per heavy atom. The summed E-state index contributed by atoms with van der Waals surface area (Å²) in [6.45, 7) is 2.14. The molecule has 3 aliphatic rings. The Morgan fingerprint density at radius 2 is 2.00 bits per heavy atom. The second-order valence-corrected chi connectivity index (χ2v) is 8.56. The van der Waals surface area contributed by atoms with Gasteiger partial charge in [-0.1, -0.05) is 12.1 Å². The van der Waals surface area contributed by atoms with Gasteiger partial charge < -0.3 is 14.4 Å². The lowest BCUT2D eigenvalue weighted by Gasteiger charge is -2.38. The lowest BCUT2D eigenvalue weighted by Crippen LogP contribution is -2.47. The molecule has 30 heavy (non-hydrogen) atoms. The van der Waals surface area contributed by atoms with Crippen molar-refractivity contribution in [2.24, 2.45) is 0 Å². The molecular formula is C25H27NO4. The van der Waals surface area contributed by atoms with Crippen molar-refractivity contribution in [3.8, 4) is 5.75 Å². The first kappa shape index (κ1) is 19.3. The lowest BCUT2D eigenvalue weighted by atomic mass is 9.85. The number of carbonyl (C=O) groups excluding carboxylic acids is 2. The molecule has 0 spiro atoms. The largest absolute Gasteiger partial charge is 0.491 e. The van der Waals surface area contributed by atoms with Gasteiger partial charge in [0.05, 0.1) is 6.10 Å². The fraction of sp³-hybridized carbons (Fsp3) is 0.440. The molecule has 2 aromatic rings. The number of carbonyl (C=O) groups is 2. The van der Waals surface area contributed by atoms with Gasteiger partial charge in [-0.15, -0.1) is 0 Å². The van der Waals surface area contributed by atoms with E-state index in [9.17, 15) is 9.59 Å². The fourth-order valence-corrected chi connectivity index (χ4v) is 4.98. The topological polar surface area (TPSA) is 55.8 Å². The predicted molar refractivity (Wildman–Crippen MR) is 113 cm³/mol. The van der Waals surface area contributed by atoms with Crippen LogP contribution in [0, 0.1) is 0 Å². The van der Waals surface area contributed by atoms with Crippen LogP contribution in [0.1, 0.15) is 56.7 Å². The van der Waals surface area contributed by atoms with E-state index in [1.807, 2.05) is 41.3 Å². The molecule has 1 amide bonds. The average molecular weight is 405 g/mol. The molecule has 1 fully saturated rings. The standard InChI is InChI=1S/C25H27NO4/c27-15-17-3-4-19-13-21(6-5-18(19)12-17)26-10-9-20-14-22(7-8-24(20)25(26)28)30-16-23-2-1-11-29-23/h3-4,7-8,12,14-15,21,23H,1-2,5-6,9-11,13,16H2/t21-,23-/m0/s1. The van der Waals surface area contributed by atoms with Crippen molar-refractivity contribution >= 4 is 12.2 Å². The van der Waals surface area contributed by atoms with E-state index in [0.717, 1.165) is 80.4 Å². The monoisotopic (exact) mass is 405 g/mol. The van der Waals surface area contributed by atoms with E-state index in [2.05, 4.69) is 0 Å². The van der Waals surface area contributed by atoms with Crippen molar-refractivity contribution in [1.82, 2.24) is 4.90 Å². The molecule has 1 aliphatic carbocycles. The highest BCUT2D eigenvalue weighted by molar-refractivity contribution is 5.97. The SMILES string of the molecule is O=Cc1ccc2c(c1)CC[C@H](N1CCc3cc(OC[C@@H]4CCCO4)ccc3C1=O)C2. The molecule has 0 radical (unpaired) electrons. The van der Waals surface area contributed by atoms with Crippen LogP contribution in [-0.4, -0.2) is 49.0 Å². The maximum atomic E-state index is 13.2. The highest BCUT2D eigenvalue weighted by Gasteiger charge is 2.32. The van der Waals surface area contributed by atoms with Crippen LogP contribution in [0.5, 0.6) is 5.75 Å². The Labute approximate surface area is 177 Å². The van der Waals surface area contributed by atoms with E-state index in [1.54, 1.807) is 0 Å². The van der Waals surface area contributed by atoms with Crippen LogP contribution in [-0.2, 0) is 24.0 Å². The van der Waals surface area contributed by atoms with E-state index >= 15 is 0 Å². The van der Waals surface area contributed by atoms with Crippen molar-refractivity contribution in [1.29, 1.82) is 0 Å². The number of hydrogen-bond donors (Lipinski definition) is 0. The van der Waals surface area contributed by atoms with Gasteiger partial charge in [0.1, 0.15) is 18.6 Å². The number of benzene rings is 2. The highest BCUT2D eigenvalue weighted by Crippen LogP contribution is 2.30. The molecule has 1 saturated heterocycles. The Morgan fingerprint density at radius 1 is 1.07 bits per heavy atom. The number of rotatable bonds is 5. The molecule has 0 aromatic heterocycles. The van der Waals surface area contributed by atoms with Gasteiger partial charge in [0.25, 0.3) is 5.91 Å². The lowest BCUT2D eigenvalue weighted by molar-refractivity contribution is 0.0638. The van der Waals surface area contributed by atoms with Crippen molar-refractivity contribution in [3.05, 3.63) is 64.2 Å². The normalized spacial score (nSPS) is 23.1. The number of hydrogen-bond acceptors (Lipinski definition) is 4. The Balaban J connectivity index is 1.27. The van der Waals surface area contributed by atoms with Crippen LogP contribution in [0.2, 0.25) is 0 Å². The molecule has 0 N–H and O–H groups in total. The number of amides is 1. The van der Waals surface area contributed by atoms with Gasteiger partial charge in [0, 0.05) is 30.3 Å². The molecule has 2 heterocycles. The first-order valence-electron chi connectivity index (χ1n) is 11.0. The number of aryl methyl sites for hydroxylation is 1. The zero-order valence-corrected chi connectivity index (χ0v) is 17.1. The van der Waals surface area contributed by atoms with E-state index in [4.69, 9.17) is 9.47 Å². The minimum atomic E-state index is 0.125. The molecule has 0 saturated carbocycles. The predicted octanol–water partition coefficient (Wildman–Crippen LogP) is 3.61. The van der Waals surface area contributed by atoms with Gasteiger partial charge in [0.15, 0.2) is 0 Å². The van der Waals surface area contributed by atoms with Crippen molar-refractivity contribution < 1.29 is 19.1 Å². The molecule has 5 rings (SSSR count). The van der Waals surface area contributed by atoms with Crippen LogP contribution in [0.4, 0.5) is 0 Å². The van der Waals surface area contributed by atoms with Crippen molar-refractivity contribution in [2.45, 2.75) is 50.7 Å². The summed E-state index contributed by atoms with van der Waals surface area (Å²) >= 11 is 0. The van der Waals surface area contributed by atoms with Crippen LogP contribution in [0.3, 0.4) is 0 Å².